The highest BCUT2D eigenvalue weighted by Crippen LogP contribution is 2.13. The van der Waals surface area contributed by atoms with Gasteiger partial charge in [-0.3, -0.25) is 0 Å². The van der Waals surface area contributed by atoms with Crippen LogP contribution in [0.1, 0.15) is 32.8 Å². The lowest BCUT2D eigenvalue weighted by Gasteiger charge is -2.13. The number of aliphatic hydroxyl groups is 1. The van der Waals surface area contributed by atoms with Gasteiger partial charge in [-0.15, -0.1) is 0 Å². The lowest BCUT2D eigenvalue weighted by molar-refractivity contribution is 0.242. The lowest BCUT2D eigenvalue weighted by atomic mass is 10.2. The predicted octanol–water partition coefficient (Wildman–Crippen LogP) is 2.33. The number of hydrogen-bond donors (Lipinski definition) is 2. The fourth-order valence-electron chi connectivity index (χ4n) is 1.55. The van der Waals surface area contributed by atoms with Crippen molar-refractivity contribution in [3.63, 3.8) is 0 Å². The summed E-state index contributed by atoms with van der Waals surface area (Å²) in [6.45, 7) is 7.17. The molecule has 0 aliphatic carbocycles. The third kappa shape index (κ3) is 5.71. The van der Waals surface area contributed by atoms with Gasteiger partial charge in [0.05, 0.1) is 6.10 Å². The minimum atomic E-state index is 0.212. The van der Waals surface area contributed by atoms with Crippen molar-refractivity contribution < 1.29 is 9.84 Å². The van der Waals surface area contributed by atoms with Gasteiger partial charge in [0, 0.05) is 19.2 Å². The summed E-state index contributed by atoms with van der Waals surface area (Å²) in [5.74, 6) is 0.909. The molecule has 1 aromatic rings. The maximum atomic E-state index is 8.80. The number of ether oxygens (including phenoxy) is 1. The highest BCUT2D eigenvalue weighted by Gasteiger charge is 2.01. The molecule has 0 amide bonds. The molecule has 0 fully saturated rings. The first-order valence-electron chi connectivity index (χ1n) is 6.21. The van der Waals surface area contributed by atoms with E-state index in [-0.39, 0.29) is 12.7 Å². The van der Waals surface area contributed by atoms with Crippen molar-refractivity contribution in [2.45, 2.75) is 45.9 Å². The van der Waals surface area contributed by atoms with Gasteiger partial charge in [-0.1, -0.05) is 12.1 Å². The van der Waals surface area contributed by atoms with E-state index in [1.807, 2.05) is 26.0 Å². The second-order valence-electron chi connectivity index (χ2n) is 4.60. The third-order valence-corrected chi connectivity index (χ3v) is 2.51. The van der Waals surface area contributed by atoms with E-state index in [2.05, 4.69) is 24.4 Å². The van der Waals surface area contributed by atoms with Crippen LogP contribution in [-0.2, 0) is 6.54 Å². The Morgan fingerprint density at radius 2 is 1.82 bits per heavy atom. The number of benzene rings is 1. The van der Waals surface area contributed by atoms with Crippen LogP contribution in [0, 0.1) is 0 Å². The molecule has 0 heterocycles. The second-order valence-corrected chi connectivity index (χ2v) is 4.60. The zero-order chi connectivity index (χ0) is 12.7. The summed E-state index contributed by atoms with van der Waals surface area (Å²) in [6.07, 6.45) is 0.998. The van der Waals surface area contributed by atoms with Crippen molar-refractivity contribution in [3.8, 4) is 5.75 Å². The van der Waals surface area contributed by atoms with Crippen molar-refractivity contribution in [1.29, 1.82) is 0 Å². The van der Waals surface area contributed by atoms with Crippen LogP contribution in [0.2, 0.25) is 0 Å². The van der Waals surface area contributed by atoms with Gasteiger partial charge in [-0.05, 0) is 44.9 Å². The first-order chi connectivity index (χ1) is 8.11. The molecule has 1 atom stereocenters. The molecule has 1 rings (SSSR count). The molecule has 3 heteroatoms. The predicted molar refractivity (Wildman–Crippen MR) is 70.2 cm³/mol. The van der Waals surface area contributed by atoms with Crippen LogP contribution in [0.3, 0.4) is 0 Å². The SMILES string of the molecule is CC(C)Oc1ccc(CN[C@H](C)CCO)cc1. The van der Waals surface area contributed by atoms with Crippen LogP contribution < -0.4 is 10.1 Å². The molecule has 0 bridgehead atoms. The maximum absolute atomic E-state index is 8.80. The number of nitrogens with one attached hydrogen (secondary N) is 1. The van der Waals surface area contributed by atoms with Crippen molar-refractivity contribution in [1.82, 2.24) is 5.32 Å². The van der Waals surface area contributed by atoms with E-state index in [0.717, 1.165) is 18.7 Å². The Bertz CT molecular complexity index is 309. The molecule has 0 aliphatic heterocycles. The molecule has 0 aliphatic rings. The molecule has 1 aromatic carbocycles. The summed E-state index contributed by atoms with van der Waals surface area (Å²) >= 11 is 0. The van der Waals surface area contributed by atoms with E-state index < -0.39 is 0 Å². The fourth-order valence-corrected chi connectivity index (χ4v) is 1.55. The molecule has 0 spiro atoms. The van der Waals surface area contributed by atoms with E-state index in [9.17, 15) is 0 Å². The second kappa shape index (κ2) is 7.30. The molecule has 96 valence electrons. The topological polar surface area (TPSA) is 41.5 Å². The van der Waals surface area contributed by atoms with Crippen molar-refractivity contribution in [2.75, 3.05) is 6.61 Å². The van der Waals surface area contributed by atoms with E-state index in [4.69, 9.17) is 9.84 Å². The highest BCUT2D eigenvalue weighted by atomic mass is 16.5. The summed E-state index contributed by atoms with van der Waals surface area (Å²) in [5.41, 5.74) is 1.23. The molecule has 17 heavy (non-hydrogen) atoms. The molecule has 2 N–H and O–H groups in total. The van der Waals surface area contributed by atoms with Gasteiger partial charge in [0.25, 0.3) is 0 Å². The normalized spacial score (nSPS) is 12.8. The first-order valence-corrected chi connectivity index (χ1v) is 6.21. The van der Waals surface area contributed by atoms with E-state index in [1.54, 1.807) is 0 Å². The van der Waals surface area contributed by atoms with Crippen LogP contribution in [0.15, 0.2) is 24.3 Å². The van der Waals surface area contributed by atoms with Crippen molar-refractivity contribution >= 4 is 0 Å². The summed E-state index contributed by atoms with van der Waals surface area (Å²) < 4.78 is 5.58. The molecule has 0 radical (unpaired) electrons. The molecular weight excluding hydrogens is 214 g/mol. The summed E-state index contributed by atoms with van der Waals surface area (Å²) in [6, 6.07) is 8.46. The lowest BCUT2D eigenvalue weighted by Crippen LogP contribution is -2.26. The Morgan fingerprint density at radius 3 is 2.35 bits per heavy atom. The number of hydrogen-bond acceptors (Lipinski definition) is 3. The molecule has 0 saturated carbocycles. The van der Waals surface area contributed by atoms with Gasteiger partial charge >= 0.3 is 0 Å². The summed E-state index contributed by atoms with van der Waals surface area (Å²) in [7, 11) is 0. The Kier molecular flexibility index (Phi) is 6.01. The van der Waals surface area contributed by atoms with E-state index >= 15 is 0 Å². The van der Waals surface area contributed by atoms with Gasteiger partial charge in [-0.2, -0.15) is 0 Å². The summed E-state index contributed by atoms with van der Waals surface area (Å²) in [5, 5.41) is 12.2. The average molecular weight is 237 g/mol. The van der Waals surface area contributed by atoms with Gasteiger partial charge in [0.15, 0.2) is 0 Å². The zero-order valence-corrected chi connectivity index (χ0v) is 10.9. The van der Waals surface area contributed by atoms with Crippen LogP contribution in [-0.4, -0.2) is 23.9 Å². The Morgan fingerprint density at radius 1 is 1.18 bits per heavy atom. The largest absolute Gasteiger partial charge is 0.491 e. The highest BCUT2D eigenvalue weighted by molar-refractivity contribution is 5.27. The molecule has 0 aromatic heterocycles. The quantitative estimate of drug-likeness (QED) is 0.765. The molecular formula is C14H23NO2. The molecule has 3 nitrogen and oxygen atoms in total. The Hall–Kier alpha value is -1.06. The monoisotopic (exact) mass is 237 g/mol. The van der Waals surface area contributed by atoms with Crippen molar-refractivity contribution in [3.05, 3.63) is 29.8 Å². The van der Waals surface area contributed by atoms with Gasteiger partial charge in [-0.25, -0.2) is 0 Å². The molecule has 0 unspecified atom stereocenters. The van der Waals surface area contributed by atoms with Crippen LogP contribution in [0.4, 0.5) is 0 Å². The average Bonchev–Trinajstić information content (AvgIpc) is 2.28. The number of rotatable bonds is 7. The van der Waals surface area contributed by atoms with Gasteiger partial charge < -0.3 is 15.2 Å². The fraction of sp³-hybridized carbons (Fsp3) is 0.571. The minimum Gasteiger partial charge on any atom is -0.491 e. The van der Waals surface area contributed by atoms with E-state index in [1.165, 1.54) is 5.56 Å². The zero-order valence-electron chi connectivity index (χ0n) is 10.9. The maximum Gasteiger partial charge on any atom is 0.119 e. The van der Waals surface area contributed by atoms with E-state index in [0.29, 0.717) is 6.04 Å². The Labute approximate surface area is 104 Å². The van der Waals surface area contributed by atoms with Gasteiger partial charge in [0.1, 0.15) is 5.75 Å². The summed E-state index contributed by atoms with van der Waals surface area (Å²) in [4.78, 5) is 0. The smallest absolute Gasteiger partial charge is 0.119 e. The van der Waals surface area contributed by atoms with Crippen LogP contribution in [0.5, 0.6) is 5.75 Å². The van der Waals surface area contributed by atoms with Crippen LogP contribution >= 0.6 is 0 Å². The molecule has 0 saturated heterocycles. The third-order valence-electron chi connectivity index (χ3n) is 2.51. The van der Waals surface area contributed by atoms with Crippen LogP contribution in [0.25, 0.3) is 0 Å². The minimum absolute atomic E-state index is 0.212. The first kappa shape index (κ1) is 14.0. The van der Waals surface area contributed by atoms with Gasteiger partial charge in [0.2, 0.25) is 0 Å². The standard InChI is InChI=1S/C14H23NO2/c1-11(2)17-14-6-4-13(5-7-14)10-15-12(3)8-9-16/h4-7,11-12,15-16H,8-10H2,1-3H3/t12-/m1/s1. The Balaban J connectivity index is 2.40. The number of aliphatic hydroxyl groups excluding tert-OH is 1. The van der Waals surface area contributed by atoms with Crippen molar-refractivity contribution in [2.24, 2.45) is 0 Å².